The Morgan fingerprint density at radius 3 is 2.83 bits per heavy atom. The van der Waals surface area contributed by atoms with Crippen LogP contribution in [0.25, 0.3) is 0 Å². The van der Waals surface area contributed by atoms with E-state index in [1.165, 1.54) is 5.57 Å². The number of hydrogen-bond donors (Lipinski definition) is 0. The summed E-state index contributed by atoms with van der Waals surface area (Å²) in [4.78, 5) is 12.7. The summed E-state index contributed by atoms with van der Waals surface area (Å²) in [5, 5.41) is 6.12. The molecule has 0 unspecified atom stereocenters. The number of aliphatic imine (C=N–C) groups is 2. The third-order valence-corrected chi connectivity index (χ3v) is 3.59. The average molecular weight is 330 g/mol. The molecule has 0 bridgehead atoms. The van der Waals surface area contributed by atoms with Crippen LogP contribution in [0.3, 0.4) is 0 Å². The second kappa shape index (κ2) is 8.42. The second-order valence-electron chi connectivity index (χ2n) is 5.95. The monoisotopic (exact) mass is 330 g/mol. The van der Waals surface area contributed by atoms with Gasteiger partial charge in [0, 0.05) is 12.4 Å². The summed E-state index contributed by atoms with van der Waals surface area (Å²) in [6, 6.07) is 0.265. The lowest BCUT2D eigenvalue weighted by atomic mass is 10.1. The molecule has 0 saturated carbocycles. The van der Waals surface area contributed by atoms with Gasteiger partial charge in [-0.05, 0) is 39.5 Å². The topological polar surface area (TPSA) is 67.4 Å². The van der Waals surface area contributed by atoms with Crippen LogP contribution in [0, 0.1) is 6.92 Å². The van der Waals surface area contributed by atoms with Crippen LogP contribution < -0.4 is 0 Å². The second-order valence-corrected chi connectivity index (χ2v) is 5.95. The highest BCUT2D eigenvalue weighted by Gasteiger charge is 2.16. The Morgan fingerprint density at radius 1 is 1.46 bits per heavy atom. The average Bonchev–Trinajstić information content (AvgIpc) is 2.94. The zero-order valence-electron chi connectivity index (χ0n) is 14.9. The fraction of sp³-hybridized carbons (Fsp3) is 0.529. The molecule has 1 aromatic rings. The van der Waals surface area contributed by atoms with E-state index < -0.39 is 0 Å². The van der Waals surface area contributed by atoms with Crippen molar-refractivity contribution < 1.29 is 4.74 Å². The number of rotatable bonds is 6. The predicted molar refractivity (Wildman–Crippen MR) is 97.3 cm³/mol. The van der Waals surface area contributed by atoms with Crippen molar-refractivity contribution in [2.75, 3.05) is 6.54 Å². The van der Waals surface area contributed by atoms with Crippen LogP contribution in [0.2, 0.25) is 0 Å². The summed E-state index contributed by atoms with van der Waals surface area (Å²) in [5.41, 5.74) is 2.34. The molecule has 0 N–H and O–H groups in total. The van der Waals surface area contributed by atoms with Crippen molar-refractivity contribution in [3.63, 3.8) is 0 Å². The maximum absolute atomic E-state index is 5.51. The normalized spacial score (nSPS) is 15.4. The maximum atomic E-state index is 5.51. The van der Waals surface area contributed by atoms with E-state index in [0.29, 0.717) is 6.54 Å². The molecule has 1 aliphatic rings. The Morgan fingerprint density at radius 2 is 2.25 bits per heavy atom. The number of ether oxygens (including phenoxy) is 1. The maximum Gasteiger partial charge on any atom is 0.333 e. The Balaban J connectivity index is 2.16. The molecule has 7 heteroatoms. The molecular weight excluding hydrogens is 304 g/mol. The zero-order chi connectivity index (χ0) is 17.5. The van der Waals surface area contributed by atoms with Crippen molar-refractivity contribution in [3.05, 3.63) is 29.5 Å². The van der Waals surface area contributed by atoms with Crippen LogP contribution in [0.4, 0.5) is 0 Å². The van der Waals surface area contributed by atoms with Gasteiger partial charge in [-0.1, -0.05) is 13.3 Å². The molecule has 0 spiro atoms. The Bertz CT molecular complexity index is 656. The number of imidazole rings is 1. The first kappa shape index (κ1) is 17.9. The van der Waals surface area contributed by atoms with Gasteiger partial charge >= 0.3 is 6.02 Å². The first-order chi connectivity index (χ1) is 11.5. The van der Waals surface area contributed by atoms with Crippen molar-refractivity contribution in [1.82, 2.24) is 14.6 Å². The van der Waals surface area contributed by atoms with Gasteiger partial charge in [-0.3, -0.25) is 0 Å². The van der Waals surface area contributed by atoms with E-state index in [1.54, 1.807) is 11.3 Å². The third-order valence-electron chi connectivity index (χ3n) is 3.59. The quantitative estimate of drug-likeness (QED) is 0.595. The van der Waals surface area contributed by atoms with E-state index in [0.717, 1.165) is 30.9 Å². The van der Waals surface area contributed by atoms with Gasteiger partial charge in [0.1, 0.15) is 12.2 Å². The van der Waals surface area contributed by atoms with Crippen molar-refractivity contribution >= 4 is 19.1 Å². The predicted octanol–water partition coefficient (Wildman–Crippen LogP) is 2.99. The fourth-order valence-corrected chi connectivity index (χ4v) is 2.44. The number of amidine groups is 1. The standard InChI is InChI=1S/C17H26N6O/c1-6-7-15-10-23(21-17(18-5)24-13(2)3)12-20-16(15)11-22-9-8-19-14(22)4/h8-9,12-13H,5-7,10-11H2,1-4H3/b21-17+. The van der Waals surface area contributed by atoms with E-state index >= 15 is 0 Å². The summed E-state index contributed by atoms with van der Waals surface area (Å²) in [6.45, 7) is 12.9. The van der Waals surface area contributed by atoms with Crippen LogP contribution in [-0.2, 0) is 11.3 Å². The van der Waals surface area contributed by atoms with Crippen molar-refractivity contribution in [1.29, 1.82) is 0 Å². The van der Waals surface area contributed by atoms with E-state index in [2.05, 4.69) is 38.3 Å². The molecule has 0 radical (unpaired) electrons. The van der Waals surface area contributed by atoms with Gasteiger partial charge in [0.2, 0.25) is 0 Å². The number of hydrazone groups is 1. The molecule has 0 saturated heterocycles. The minimum atomic E-state index is 0.00131. The minimum Gasteiger partial charge on any atom is -0.460 e. The zero-order valence-corrected chi connectivity index (χ0v) is 14.9. The highest BCUT2D eigenvalue weighted by atomic mass is 16.5. The molecule has 1 aromatic heterocycles. The summed E-state index contributed by atoms with van der Waals surface area (Å²) in [6.07, 6.45) is 7.54. The van der Waals surface area contributed by atoms with Gasteiger partial charge in [-0.15, -0.1) is 5.10 Å². The molecule has 7 nitrogen and oxygen atoms in total. The molecule has 0 amide bonds. The van der Waals surface area contributed by atoms with E-state index in [1.807, 2.05) is 33.2 Å². The minimum absolute atomic E-state index is 0.00131. The largest absolute Gasteiger partial charge is 0.460 e. The van der Waals surface area contributed by atoms with Gasteiger partial charge in [0.05, 0.1) is 24.9 Å². The van der Waals surface area contributed by atoms with Crippen LogP contribution in [0.15, 0.2) is 38.8 Å². The SMILES string of the molecule is C=N/C(=N\N1C=NC(Cn2ccnc2C)=C(CCC)C1)OC(C)C. The lowest BCUT2D eigenvalue weighted by Crippen LogP contribution is -2.26. The summed E-state index contributed by atoms with van der Waals surface area (Å²) in [7, 11) is 0. The molecule has 130 valence electrons. The molecule has 2 rings (SSSR count). The van der Waals surface area contributed by atoms with E-state index in [-0.39, 0.29) is 12.1 Å². The highest BCUT2D eigenvalue weighted by molar-refractivity contribution is 5.79. The van der Waals surface area contributed by atoms with Gasteiger partial charge < -0.3 is 9.30 Å². The van der Waals surface area contributed by atoms with E-state index in [9.17, 15) is 0 Å². The van der Waals surface area contributed by atoms with Gasteiger partial charge in [0.15, 0.2) is 0 Å². The van der Waals surface area contributed by atoms with Crippen LogP contribution in [0.1, 0.15) is 39.4 Å². The Hall–Kier alpha value is -2.44. The van der Waals surface area contributed by atoms with Crippen LogP contribution in [0.5, 0.6) is 0 Å². The third kappa shape index (κ3) is 4.78. The molecule has 2 heterocycles. The highest BCUT2D eigenvalue weighted by Crippen LogP contribution is 2.20. The molecule has 0 fully saturated rings. The smallest absolute Gasteiger partial charge is 0.333 e. The number of hydrogen-bond acceptors (Lipinski definition) is 5. The molecule has 1 aliphatic heterocycles. The summed E-state index contributed by atoms with van der Waals surface area (Å²) < 4.78 is 7.61. The van der Waals surface area contributed by atoms with Gasteiger partial charge in [-0.25, -0.2) is 20.0 Å². The van der Waals surface area contributed by atoms with Crippen LogP contribution in [-0.4, -0.2) is 46.3 Å². The number of nitrogens with zero attached hydrogens (tertiary/aromatic N) is 6. The Kier molecular flexibility index (Phi) is 6.28. The first-order valence-corrected chi connectivity index (χ1v) is 8.25. The lowest BCUT2D eigenvalue weighted by Gasteiger charge is -2.23. The van der Waals surface area contributed by atoms with Crippen molar-refractivity contribution in [2.24, 2.45) is 15.1 Å². The Labute approximate surface area is 143 Å². The fourth-order valence-electron chi connectivity index (χ4n) is 2.44. The van der Waals surface area contributed by atoms with E-state index in [4.69, 9.17) is 4.74 Å². The molecule has 24 heavy (non-hydrogen) atoms. The molecule has 0 aromatic carbocycles. The summed E-state index contributed by atoms with van der Waals surface area (Å²) in [5.74, 6) is 0.984. The number of aromatic nitrogens is 2. The van der Waals surface area contributed by atoms with Crippen LogP contribution >= 0.6 is 0 Å². The van der Waals surface area contributed by atoms with Gasteiger partial charge in [0.25, 0.3) is 0 Å². The molecule has 0 atom stereocenters. The van der Waals surface area contributed by atoms with Gasteiger partial charge in [-0.2, -0.15) is 0 Å². The number of aryl methyl sites for hydroxylation is 1. The number of allylic oxidation sites excluding steroid dienone is 1. The van der Waals surface area contributed by atoms with Crippen molar-refractivity contribution in [2.45, 2.75) is 53.2 Å². The molecule has 0 aliphatic carbocycles. The summed E-state index contributed by atoms with van der Waals surface area (Å²) >= 11 is 0. The van der Waals surface area contributed by atoms with Crippen molar-refractivity contribution in [3.8, 4) is 0 Å². The molecular formula is C17H26N6O. The first-order valence-electron chi connectivity index (χ1n) is 8.25. The lowest BCUT2D eigenvalue weighted by molar-refractivity contribution is 0.218.